The van der Waals surface area contributed by atoms with Crippen LogP contribution in [0.15, 0.2) is 24.3 Å². The van der Waals surface area contributed by atoms with Gasteiger partial charge in [0.1, 0.15) is 11.6 Å². The average Bonchev–Trinajstić information content (AvgIpc) is 2.35. The molecule has 0 aliphatic rings. The van der Waals surface area contributed by atoms with Gasteiger partial charge in [-0.25, -0.2) is 4.39 Å². The first-order valence-electron chi connectivity index (χ1n) is 5.83. The Labute approximate surface area is 101 Å². The topological polar surface area (TPSA) is 38.3 Å². The van der Waals surface area contributed by atoms with Gasteiger partial charge in [0.15, 0.2) is 6.61 Å². The molecule has 0 atom stereocenters. The third-order valence-corrected chi connectivity index (χ3v) is 2.53. The number of hydrogen-bond donors (Lipinski definition) is 1. The van der Waals surface area contributed by atoms with Crippen LogP contribution in [0.3, 0.4) is 0 Å². The van der Waals surface area contributed by atoms with E-state index in [9.17, 15) is 9.18 Å². The van der Waals surface area contributed by atoms with Crippen molar-refractivity contribution < 1.29 is 13.9 Å². The Bertz CT molecular complexity index is 347. The monoisotopic (exact) mass is 239 g/mol. The Morgan fingerprint density at radius 2 is 1.88 bits per heavy atom. The Balaban J connectivity index is 2.35. The van der Waals surface area contributed by atoms with Crippen LogP contribution in [-0.2, 0) is 4.79 Å². The lowest BCUT2D eigenvalue weighted by atomic mass is 10.2. The second kappa shape index (κ2) is 6.89. The van der Waals surface area contributed by atoms with E-state index in [1.165, 1.54) is 24.3 Å². The molecule has 0 unspecified atom stereocenters. The van der Waals surface area contributed by atoms with E-state index in [2.05, 4.69) is 5.32 Å². The van der Waals surface area contributed by atoms with Crippen molar-refractivity contribution in [2.45, 2.75) is 32.7 Å². The maximum atomic E-state index is 12.6. The van der Waals surface area contributed by atoms with Crippen molar-refractivity contribution in [3.63, 3.8) is 0 Å². The van der Waals surface area contributed by atoms with Gasteiger partial charge in [-0.05, 0) is 37.1 Å². The number of halogens is 1. The zero-order chi connectivity index (χ0) is 12.7. The first-order chi connectivity index (χ1) is 8.15. The van der Waals surface area contributed by atoms with Crippen molar-refractivity contribution in [2.75, 3.05) is 6.61 Å². The van der Waals surface area contributed by atoms with E-state index >= 15 is 0 Å². The molecule has 0 saturated heterocycles. The molecule has 0 radical (unpaired) electrons. The van der Waals surface area contributed by atoms with Gasteiger partial charge in [-0.2, -0.15) is 0 Å². The molecule has 17 heavy (non-hydrogen) atoms. The van der Waals surface area contributed by atoms with Gasteiger partial charge >= 0.3 is 0 Å². The van der Waals surface area contributed by atoms with Crippen LogP contribution in [0.5, 0.6) is 5.75 Å². The molecule has 0 heterocycles. The summed E-state index contributed by atoms with van der Waals surface area (Å²) in [5, 5.41) is 2.86. The molecule has 0 spiro atoms. The van der Waals surface area contributed by atoms with Crippen LogP contribution < -0.4 is 10.1 Å². The summed E-state index contributed by atoms with van der Waals surface area (Å²) in [4.78, 5) is 11.5. The summed E-state index contributed by atoms with van der Waals surface area (Å²) in [6.07, 6.45) is 1.80. The van der Waals surface area contributed by atoms with Gasteiger partial charge in [-0.15, -0.1) is 0 Å². The quantitative estimate of drug-likeness (QED) is 0.828. The fourth-order valence-corrected chi connectivity index (χ4v) is 1.44. The Kier molecular flexibility index (Phi) is 5.46. The minimum absolute atomic E-state index is 0.0396. The molecule has 0 aromatic heterocycles. The predicted molar refractivity (Wildman–Crippen MR) is 64.4 cm³/mol. The molecule has 1 rings (SSSR count). The van der Waals surface area contributed by atoms with E-state index in [0.29, 0.717) is 5.75 Å². The summed E-state index contributed by atoms with van der Waals surface area (Å²) in [5.41, 5.74) is 0. The highest BCUT2D eigenvalue weighted by Gasteiger charge is 2.08. The van der Waals surface area contributed by atoms with Gasteiger partial charge in [0.2, 0.25) is 0 Å². The van der Waals surface area contributed by atoms with Gasteiger partial charge in [0.05, 0.1) is 0 Å². The maximum absolute atomic E-state index is 12.6. The van der Waals surface area contributed by atoms with Crippen molar-refractivity contribution in [2.24, 2.45) is 0 Å². The molecule has 0 aliphatic heterocycles. The minimum atomic E-state index is -0.321. The molecule has 0 bridgehead atoms. The minimum Gasteiger partial charge on any atom is -0.484 e. The molecule has 4 heteroatoms. The number of rotatable bonds is 6. The molecule has 1 aromatic carbocycles. The zero-order valence-electron chi connectivity index (χ0n) is 10.2. The van der Waals surface area contributed by atoms with Crippen LogP contribution in [0, 0.1) is 5.82 Å². The number of ether oxygens (including phenoxy) is 1. The first-order valence-corrected chi connectivity index (χ1v) is 5.83. The highest BCUT2D eigenvalue weighted by Crippen LogP contribution is 2.10. The number of carbonyl (C=O) groups excluding carboxylic acids is 1. The van der Waals surface area contributed by atoms with Crippen LogP contribution in [0.1, 0.15) is 26.7 Å². The Morgan fingerprint density at radius 3 is 2.41 bits per heavy atom. The first kappa shape index (κ1) is 13.5. The van der Waals surface area contributed by atoms with Gasteiger partial charge in [-0.3, -0.25) is 4.79 Å². The van der Waals surface area contributed by atoms with E-state index in [4.69, 9.17) is 4.74 Å². The summed E-state index contributed by atoms with van der Waals surface area (Å²) in [7, 11) is 0. The largest absolute Gasteiger partial charge is 0.484 e. The highest BCUT2D eigenvalue weighted by atomic mass is 19.1. The summed E-state index contributed by atoms with van der Waals surface area (Å²) in [6, 6.07) is 5.79. The average molecular weight is 239 g/mol. The van der Waals surface area contributed by atoms with Crippen molar-refractivity contribution in [3.8, 4) is 5.75 Å². The number of amides is 1. The second-order valence-corrected chi connectivity index (χ2v) is 3.82. The third-order valence-electron chi connectivity index (χ3n) is 2.53. The van der Waals surface area contributed by atoms with Crippen LogP contribution in [0.25, 0.3) is 0 Å². The van der Waals surface area contributed by atoms with Gasteiger partial charge in [-0.1, -0.05) is 13.8 Å². The van der Waals surface area contributed by atoms with Crippen LogP contribution in [0.2, 0.25) is 0 Å². The van der Waals surface area contributed by atoms with Crippen molar-refractivity contribution in [3.05, 3.63) is 30.1 Å². The molecule has 3 nitrogen and oxygen atoms in total. The van der Waals surface area contributed by atoms with E-state index in [0.717, 1.165) is 12.8 Å². The van der Waals surface area contributed by atoms with E-state index < -0.39 is 0 Å². The summed E-state index contributed by atoms with van der Waals surface area (Å²) in [5.74, 6) is 0.0213. The molecule has 0 saturated carbocycles. The fraction of sp³-hybridized carbons (Fsp3) is 0.462. The standard InChI is InChI=1S/C13H18FNO2/c1-3-11(4-2)15-13(16)9-17-12-7-5-10(14)6-8-12/h5-8,11H,3-4,9H2,1-2H3,(H,15,16). The lowest BCUT2D eigenvalue weighted by molar-refractivity contribution is -0.123. The van der Waals surface area contributed by atoms with Crippen LogP contribution in [-0.4, -0.2) is 18.6 Å². The van der Waals surface area contributed by atoms with E-state index in [-0.39, 0.29) is 24.4 Å². The number of nitrogens with one attached hydrogen (secondary N) is 1. The third kappa shape index (κ3) is 4.85. The maximum Gasteiger partial charge on any atom is 0.258 e. The Morgan fingerprint density at radius 1 is 1.29 bits per heavy atom. The Hall–Kier alpha value is -1.58. The number of hydrogen-bond acceptors (Lipinski definition) is 2. The lowest BCUT2D eigenvalue weighted by Crippen LogP contribution is -2.37. The van der Waals surface area contributed by atoms with Gasteiger partial charge in [0, 0.05) is 6.04 Å². The smallest absolute Gasteiger partial charge is 0.258 e. The second-order valence-electron chi connectivity index (χ2n) is 3.82. The normalized spacial score (nSPS) is 10.4. The van der Waals surface area contributed by atoms with Crippen LogP contribution in [0.4, 0.5) is 4.39 Å². The fourth-order valence-electron chi connectivity index (χ4n) is 1.44. The summed E-state index contributed by atoms with van der Waals surface area (Å²) >= 11 is 0. The molecule has 94 valence electrons. The number of carbonyl (C=O) groups is 1. The van der Waals surface area contributed by atoms with Gasteiger partial charge < -0.3 is 10.1 Å². The molecule has 0 fully saturated rings. The molecule has 1 aromatic rings. The van der Waals surface area contributed by atoms with Crippen LogP contribution >= 0.6 is 0 Å². The predicted octanol–water partition coefficient (Wildman–Crippen LogP) is 2.51. The van der Waals surface area contributed by atoms with Crippen molar-refractivity contribution in [1.82, 2.24) is 5.32 Å². The van der Waals surface area contributed by atoms with E-state index in [1.54, 1.807) is 0 Å². The molecular weight excluding hydrogens is 221 g/mol. The number of benzene rings is 1. The van der Waals surface area contributed by atoms with Crippen molar-refractivity contribution >= 4 is 5.91 Å². The van der Waals surface area contributed by atoms with Crippen molar-refractivity contribution in [1.29, 1.82) is 0 Å². The summed E-state index contributed by atoms with van der Waals surface area (Å²) in [6.45, 7) is 4.01. The SMILES string of the molecule is CCC(CC)NC(=O)COc1ccc(F)cc1. The molecular formula is C13H18FNO2. The highest BCUT2D eigenvalue weighted by molar-refractivity contribution is 5.77. The van der Waals surface area contributed by atoms with Gasteiger partial charge in [0.25, 0.3) is 5.91 Å². The lowest BCUT2D eigenvalue weighted by Gasteiger charge is -2.14. The molecule has 1 N–H and O–H groups in total. The summed E-state index contributed by atoms with van der Waals surface area (Å²) < 4.78 is 17.8. The van der Waals surface area contributed by atoms with E-state index in [1.807, 2.05) is 13.8 Å². The molecule has 0 aliphatic carbocycles. The zero-order valence-corrected chi connectivity index (χ0v) is 10.2. The molecule has 1 amide bonds.